The molecule has 3 heterocycles. The Hall–Kier alpha value is -1.67. The van der Waals surface area contributed by atoms with Crippen LogP contribution in [0.1, 0.15) is 57.4 Å². The Morgan fingerprint density at radius 1 is 1.17 bits per heavy atom. The van der Waals surface area contributed by atoms with E-state index in [0.717, 1.165) is 30.9 Å². The van der Waals surface area contributed by atoms with Gasteiger partial charge in [-0.2, -0.15) is 0 Å². The summed E-state index contributed by atoms with van der Waals surface area (Å²) in [6.45, 7) is 5.37. The maximum atomic E-state index is 12.7. The highest BCUT2D eigenvalue weighted by Crippen LogP contribution is 2.23. The van der Waals surface area contributed by atoms with Crippen LogP contribution in [0.2, 0.25) is 0 Å². The van der Waals surface area contributed by atoms with E-state index in [2.05, 4.69) is 15.2 Å². The van der Waals surface area contributed by atoms with Crippen molar-refractivity contribution in [1.82, 2.24) is 14.6 Å². The van der Waals surface area contributed by atoms with Crippen molar-refractivity contribution in [2.24, 2.45) is 5.92 Å². The van der Waals surface area contributed by atoms with Crippen LogP contribution in [-0.2, 0) is 21.4 Å². The number of nitrogens with zero attached hydrogens (tertiary/aromatic N) is 3. The van der Waals surface area contributed by atoms with Crippen LogP contribution in [0.15, 0.2) is 18.3 Å². The molecule has 1 aromatic heterocycles. The lowest BCUT2D eigenvalue weighted by atomic mass is 9.97. The Kier molecular flexibility index (Phi) is 7.89. The van der Waals surface area contributed by atoms with E-state index in [1.54, 1.807) is 4.31 Å². The number of anilines is 1. The second kappa shape index (κ2) is 10.4. The number of hydrogen-bond donors (Lipinski definition) is 1. The number of piperidine rings is 2. The Morgan fingerprint density at radius 2 is 1.90 bits per heavy atom. The number of amides is 1. The minimum atomic E-state index is -3.18. The average Bonchev–Trinajstić information content (AvgIpc) is 2.77. The van der Waals surface area contributed by atoms with Crippen LogP contribution < -0.4 is 10.2 Å². The monoisotopic (exact) mass is 422 g/mol. The SMILES string of the molecule is CCCCS(=O)(=O)N1CCC(C(=O)NCc2cccnc2N2CCCCC2)CC1. The van der Waals surface area contributed by atoms with Crippen LogP contribution in [-0.4, -0.2) is 55.5 Å². The highest BCUT2D eigenvalue weighted by molar-refractivity contribution is 7.89. The quantitative estimate of drug-likeness (QED) is 0.696. The van der Waals surface area contributed by atoms with E-state index in [9.17, 15) is 13.2 Å². The van der Waals surface area contributed by atoms with Crippen molar-refractivity contribution in [3.63, 3.8) is 0 Å². The van der Waals surface area contributed by atoms with Crippen LogP contribution in [0.5, 0.6) is 0 Å². The number of aromatic nitrogens is 1. The third-order valence-corrected chi connectivity index (χ3v) is 7.91. The van der Waals surface area contributed by atoms with Gasteiger partial charge in [-0.25, -0.2) is 17.7 Å². The molecule has 0 bridgehead atoms. The molecule has 29 heavy (non-hydrogen) atoms. The molecule has 7 nitrogen and oxygen atoms in total. The number of hydrogen-bond acceptors (Lipinski definition) is 5. The van der Waals surface area contributed by atoms with Gasteiger partial charge in [-0.15, -0.1) is 0 Å². The summed E-state index contributed by atoms with van der Waals surface area (Å²) in [5, 5.41) is 3.06. The van der Waals surface area contributed by atoms with Crippen molar-refractivity contribution in [2.45, 2.75) is 58.4 Å². The highest BCUT2D eigenvalue weighted by atomic mass is 32.2. The van der Waals surface area contributed by atoms with Crippen molar-refractivity contribution in [1.29, 1.82) is 0 Å². The first-order valence-electron chi connectivity index (χ1n) is 11.0. The predicted octanol–water partition coefficient (Wildman–Crippen LogP) is 2.53. The summed E-state index contributed by atoms with van der Waals surface area (Å²) < 4.78 is 26.2. The molecule has 1 aromatic rings. The van der Waals surface area contributed by atoms with E-state index < -0.39 is 10.0 Å². The molecular weight excluding hydrogens is 388 g/mol. The van der Waals surface area contributed by atoms with Crippen molar-refractivity contribution in [3.05, 3.63) is 23.9 Å². The number of nitrogens with one attached hydrogen (secondary N) is 1. The molecule has 3 rings (SSSR count). The third kappa shape index (κ3) is 5.92. The molecule has 0 aromatic carbocycles. The fourth-order valence-corrected chi connectivity index (χ4v) is 5.82. The van der Waals surface area contributed by atoms with Gasteiger partial charge >= 0.3 is 0 Å². The first-order chi connectivity index (χ1) is 14.0. The van der Waals surface area contributed by atoms with Gasteiger partial charge in [0, 0.05) is 50.4 Å². The molecule has 0 saturated carbocycles. The summed E-state index contributed by atoms with van der Waals surface area (Å²) in [5.41, 5.74) is 1.04. The second-order valence-corrected chi connectivity index (χ2v) is 10.2. The van der Waals surface area contributed by atoms with Crippen molar-refractivity contribution in [2.75, 3.05) is 36.8 Å². The number of sulfonamides is 1. The molecule has 0 unspecified atom stereocenters. The summed E-state index contributed by atoms with van der Waals surface area (Å²) in [6, 6.07) is 3.94. The van der Waals surface area contributed by atoms with Crippen molar-refractivity contribution in [3.8, 4) is 0 Å². The maximum absolute atomic E-state index is 12.7. The molecule has 2 aliphatic heterocycles. The van der Waals surface area contributed by atoms with E-state index >= 15 is 0 Å². The summed E-state index contributed by atoms with van der Waals surface area (Å²) in [4.78, 5) is 19.5. The zero-order valence-corrected chi connectivity index (χ0v) is 18.3. The minimum Gasteiger partial charge on any atom is -0.356 e. The standard InChI is InChI=1S/C21H34N4O3S/c1-2-3-16-29(27,28)25-14-9-18(10-15-25)21(26)23-17-19-8-7-11-22-20(19)24-12-5-4-6-13-24/h7-8,11,18H,2-6,9-10,12-17H2,1H3,(H,23,26). The molecule has 0 atom stereocenters. The Labute approximate surface area is 174 Å². The fourth-order valence-electron chi connectivity index (χ4n) is 4.14. The summed E-state index contributed by atoms with van der Waals surface area (Å²) >= 11 is 0. The molecular formula is C21H34N4O3S. The van der Waals surface area contributed by atoms with E-state index in [-0.39, 0.29) is 17.6 Å². The lowest BCUT2D eigenvalue weighted by molar-refractivity contribution is -0.126. The predicted molar refractivity (Wildman–Crippen MR) is 115 cm³/mol. The number of unbranched alkanes of at least 4 members (excludes halogenated alkanes) is 1. The Morgan fingerprint density at radius 3 is 2.59 bits per heavy atom. The van der Waals surface area contributed by atoms with Gasteiger partial charge in [0.15, 0.2) is 0 Å². The largest absolute Gasteiger partial charge is 0.356 e. The number of carbonyl (C=O) groups is 1. The van der Waals surface area contributed by atoms with Crippen LogP contribution in [0.25, 0.3) is 0 Å². The molecule has 2 fully saturated rings. The highest BCUT2D eigenvalue weighted by Gasteiger charge is 2.30. The normalized spacial score (nSPS) is 19.3. The van der Waals surface area contributed by atoms with E-state index in [1.807, 2.05) is 25.3 Å². The molecule has 0 aliphatic carbocycles. The molecule has 0 spiro atoms. The molecule has 1 amide bonds. The maximum Gasteiger partial charge on any atom is 0.223 e. The molecule has 1 N–H and O–H groups in total. The lowest BCUT2D eigenvalue weighted by Crippen LogP contribution is -2.43. The van der Waals surface area contributed by atoms with Crippen molar-refractivity contribution < 1.29 is 13.2 Å². The zero-order valence-electron chi connectivity index (χ0n) is 17.5. The average molecular weight is 423 g/mol. The van der Waals surface area contributed by atoms with E-state index in [4.69, 9.17) is 0 Å². The first-order valence-corrected chi connectivity index (χ1v) is 12.6. The second-order valence-electron chi connectivity index (χ2n) is 8.09. The zero-order chi connectivity index (χ0) is 20.7. The Bertz CT molecular complexity index is 770. The smallest absolute Gasteiger partial charge is 0.223 e. The van der Waals surface area contributed by atoms with Gasteiger partial charge in [0.05, 0.1) is 5.75 Å². The van der Waals surface area contributed by atoms with Gasteiger partial charge in [0.2, 0.25) is 15.9 Å². The minimum absolute atomic E-state index is 0.0176. The van der Waals surface area contributed by atoms with Gasteiger partial charge in [-0.1, -0.05) is 19.4 Å². The summed E-state index contributed by atoms with van der Waals surface area (Å²) in [7, 11) is -3.18. The van der Waals surface area contributed by atoms with Crippen LogP contribution in [0.3, 0.4) is 0 Å². The molecule has 0 radical (unpaired) electrons. The molecule has 2 aliphatic rings. The summed E-state index contributed by atoms with van der Waals surface area (Å²) in [5.74, 6) is 1.08. The molecule has 162 valence electrons. The number of pyridine rings is 1. The third-order valence-electron chi connectivity index (χ3n) is 5.95. The lowest BCUT2D eigenvalue weighted by Gasteiger charge is -2.31. The van der Waals surface area contributed by atoms with Crippen LogP contribution in [0, 0.1) is 5.92 Å². The van der Waals surface area contributed by atoms with Gasteiger partial charge < -0.3 is 10.2 Å². The van der Waals surface area contributed by atoms with Crippen molar-refractivity contribution >= 4 is 21.7 Å². The molecule has 8 heteroatoms. The van der Waals surface area contributed by atoms with Crippen LogP contribution >= 0.6 is 0 Å². The van der Waals surface area contributed by atoms with Gasteiger partial charge in [-0.3, -0.25) is 4.79 Å². The van der Waals surface area contributed by atoms with Crippen LogP contribution in [0.4, 0.5) is 5.82 Å². The molecule has 2 saturated heterocycles. The Balaban J connectivity index is 1.51. The number of rotatable bonds is 8. The summed E-state index contributed by atoms with van der Waals surface area (Å²) in [6.07, 6.45) is 8.17. The number of carbonyl (C=O) groups excluding carboxylic acids is 1. The van der Waals surface area contributed by atoms with Gasteiger partial charge in [0.25, 0.3) is 0 Å². The fraction of sp³-hybridized carbons (Fsp3) is 0.714. The van der Waals surface area contributed by atoms with Gasteiger partial charge in [-0.05, 0) is 44.6 Å². The topological polar surface area (TPSA) is 82.6 Å². The van der Waals surface area contributed by atoms with Gasteiger partial charge in [0.1, 0.15) is 5.82 Å². The van der Waals surface area contributed by atoms with E-state index in [1.165, 1.54) is 19.3 Å². The van der Waals surface area contributed by atoms with E-state index in [0.29, 0.717) is 38.9 Å². The first kappa shape index (κ1) is 22.0.